The van der Waals surface area contributed by atoms with Gasteiger partial charge in [0.1, 0.15) is 6.33 Å². The average Bonchev–Trinajstić information content (AvgIpc) is 3.12. The van der Waals surface area contributed by atoms with Crippen LogP contribution in [0.15, 0.2) is 30.0 Å². The fraction of sp³-hybridized carbons (Fsp3) is 0.286. The van der Waals surface area contributed by atoms with Gasteiger partial charge in [-0.2, -0.15) is 0 Å². The summed E-state index contributed by atoms with van der Waals surface area (Å²) in [5.74, 6) is 0. The van der Waals surface area contributed by atoms with Gasteiger partial charge in [-0.1, -0.05) is 6.07 Å². The Morgan fingerprint density at radius 1 is 1.29 bits per heavy atom. The molecule has 0 radical (unpaired) electrons. The number of rotatable bonds is 4. The predicted molar refractivity (Wildman–Crippen MR) is 82.8 cm³/mol. The van der Waals surface area contributed by atoms with Crippen LogP contribution in [0.4, 0.5) is 5.69 Å². The molecule has 108 valence electrons. The minimum Gasteiger partial charge on any atom is -0.377 e. The highest BCUT2D eigenvalue weighted by Crippen LogP contribution is 2.27. The van der Waals surface area contributed by atoms with Crippen molar-refractivity contribution >= 4 is 17.0 Å². The molecule has 1 unspecified atom stereocenters. The highest BCUT2D eigenvalue weighted by Gasteiger charge is 2.12. The van der Waals surface area contributed by atoms with Crippen LogP contribution in [-0.2, 0) is 0 Å². The zero-order valence-electron chi connectivity index (χ0n) is 12.1. The molecule has 0 bridgehead atoms. The van der Waals surface area contributed by atoms with E-state index in [0.717, 1.165) is 17.1 Å². The van der Waals surface area contributed by atoms with Gasteiger partial charge in [-0.15, -0.1) is 16.4 Å². The summed E-state index contributed by atoms with van der Waals surface area (Å²) >= 11 is 1.67. The van der Waals surface area contributed by atoms with Gasteiger partial charge < -0.3 is 5.32 Å². The van der Waals surface area contributed by atoms with E-state index in [0.29, 0.717) is 0 Å². The second-order valence-electron chi connectivity index (χ2n) is 4.92. The molecule has 21 heavy (non-hydrogen) atoms. The van der Waals surface area contributed by atoms with Crippen molar-refractivity contribution in [3.05, 3.63) is 46.2 Å². The molecule has 0 fully saturated rings. The summed E-state index contributed by atoms with van der Waals surface area (Å²) < 4.78 is 1.65. The molecule has 0 aliphatic rings. The van der Waals surface area contributed by atoms with Crippen LogP contribution < -0.4 is 5.32 Å². The van der Waals surface area contributed by atoms with E-state index < -0.39 is 0 Å². The molecule has 0 amide bonds. The zero-order chi connectivity index (χ0) is 14.8. The van der Waals surface area contributed by atoms with Crippen LogP contribution >= 0.6 is 11.3 Å². The SMILES string of the molecule is Cc1ccc(-n2cnnn2)cc1NC(C)c1scnc1C. The maximum absolute atomic E-state index is 4.31. The molecule has 0 saturated heterocycles. The quantitative estimate of drug-likeness (QED) is 0.802. The fourth-order valence-corrected chi connectivity index (χ4v) is 3.02. The van der Waals surface area contributed by atoms with Gasteiger partial charge in [-0.3, -0.25) is 0 Å². The van der Waals surface area contributed by atoms with E-state index in [1.54, 1.807) is 22.3 Å². The second kappa shape index (κ2) is 5.61. The molecule has 2 aromatic heterocycles. The van der Waals surface area contributed by atoms with E-state index in [4.69, 9.17) is 0 Å². The van der Waals surface area contributed by atoms with Crippen molar-refractivity contribution in [3.63, 3.8) is 0 Å². The smallest absolute Gasteiger partial charge is 0.143 e. The standard InChI is InChI=1S/C14H16N6S/c1-9-4-5-12(20-7-16-18-19-20)6-13(9)17-11(3)14-10(2)15-8-21-14/h4-8,11,17H,1-3H3. The molecule has 0 saturated carbocycles. The van der Waals surface area contributed by atoms with Crippen LogP contribution in [0.5, 0.6) is 0 Å². The van der Waals surface area contributed by atoms with Crippen molar-refractivity contribution in [1.82, 2.24) is 25.2 Å². The Bertz CT molecular complexity index is 734. The molecule has 0 aliphatic heterocycles. The van der Waals surface area contributed by atoms with E-state index in [1.165, 1.54) is 10.4 Å². The summed E-state index contributed by atoms with van der Waals surface area (Å²) in [6, 6.07) is 6.32. The lowest BCUT2D eigenvalue weighted by molar-refractivity contribution is 0.788. The minimum absolute atomic E-state index is 0.209. The molecule has 1 N–H and O–H groups in total. The number of thiazole rings is 1. The third-order valence-electron chi connectivity index (χ3n) is 3.38. The van der Waals surface area contributed by atoms with E-state index in [1.807, 2.05) is 18.5 Å². The van der Waals surface area contributed by atoms with E-state index in [-0.39, 0.29) is 6.04 Å². The van der Waals surface area contributed by atoms with Gasteiger partial charge in [0.2, 0.25) is 0 Å². The van der Waals surface area contributed by atoms with Gasteiger partial charge in [0, 0.05) is 10.6 Å². The van der Waals surface area contributed by atoms with Crippen LogP contribution in [0.3, 0.4) is 0 Å². The van der Waals surface area contributed by atoms with E-state index in [2.05, 4.69) is 51.8 Å². The summed E-state index contributed by atoms with van der Waals surface area (Å²) in [4.78, 5) is 5.56. The summed E-state index contributed by atoms with van der Waals surface area (Å²) in [6.07, 6.45) is 1.59. The van der Waals surface area contributed by atoms with E-state index in [9.17, 15) is 0 Å². The van der Waals surface area contributed by atoms with Gasteiger partial charge in [0.25, 0.3) is 0 Å². The van der Waals surface area contributed by atoms with Crippen molar-refractivity contribution in [2.45, 2.75) is 26.8 Å². The van der Waals surface area contributed by atoms with Gasteiger partial charge in [0.05, 0.1) is 22.9 Å². The van der Waals surface area contributed by atoms with Crippen molar-refractivity contribution in [1.29, 1.82) is 0 Å². The lowest BCUT2D eigenvalue weighted by atomic mass is 10.1. The number of aryl methyl sites for hydroxylation is 2. The van der Waals surface area contributed by atoms with Gasteiger partial charge >= 0.3 is 0 Å². The van der Waals surface area contributed by atoms with Crippen molar-refractivity contribution in [2.75, 3.05) is 5.32 Å². The molecule has 1 atom stereocenters. The third kappa shape index (κ3) is 2.78. The number of nitrogens with zero attached hydrogens (tertiary/aromatic N) is 5. The van der Waals surface area contributed by atoms with Gasteiger partial charge in [-0.25, -0.2) is 9.67 Å². The highest BCUT2D eigenvalue weighted by molar-refractivity contribution is 7.09. The van der Waals surface area contributed by atoms with Gasteiger partial charge in [-0.05, 0) is 48.9 Å². The Labute approximate surface area is 126 Å². The number of anilines is 1. The molecule has 6 nitrogen and oxygen atoms in total. The molecule has 3 aromatic rings. The fourth-order valence-electron chi connectivity index (χ4n) is 2.21. The first-order valence-electron chi connectivity index (χ1n) is 6.65. The molecule has 0 aliphatic carbocycles. The van der Waals surface area contributed by atoms with Crippen LogP contribution in [0.25, 0.3) is 5.69 Å². The summed E-state index contributed by atoms with van der Waals surface area (Å²) in [6.45, 7) is 6.26. The maximum Gasteiger partial charge on any atom is 0.143 e. The molecule has 7 heteroatoms. The first-order chi connectivity index (χ1) is 10.1. The lowest BCUT2D eigenvalue weighted by Gasteiger charge is -2.17. The largest absolute Gasteiger partial charge is 0.377 e. The second-order valence-corrected chi connectivity index (χ2v) is 5.81. The number of nitrogens with one attached hydrogen (secondary N) is 1. The third-order valence-corrected chi connectivity index (χ3v) is 4.50. The Morgan fingerprint density at radius 2 is 2.14 bits per heavy atom. The average molecular weight is 300 g/mol. The number of tetrazole rings is 1. The Hall–Kier alpha value is -2.28. The normalized spacial score (nSPS) is 12.3. The monoisotopic (exact) mass is 300 g/mol. The summed E-state index contributed by atoms with van der Waals surface area (Å²) in [5.41, 5.74) is 6.15. The minimum atomic E-state index is 0.209. The topological polar surface area (TPSA) is 68.5 Å². The molecule has 0 spiro atoms. The Kier molecular flexibility index (Phi) is 3.66. The predicted octanol–water partition coefficient (Wildman–Crippen LogP) is 2.91. The van der Waals surface area contributed by atoms with E-state index >= 15 is 0 Å². The Balaban J connectivity index is 1.88. The van der Waals surface area contributed by atoms with Crippen molar-refractivity contribution < 1.29 is 0 Å². The number of aromatic nitrogens is 5. The number of hydrogen-bond acceptors (Lipinski definition) is 6. The lowest BCUT2D eigenvalue weighted by Crippen LogP contribution is -2.08. The van der Waals surface area contributed by atoms with Crippen molar-refractivity contribution in [2.24, 2.45) is 0 Å². The molecular formula is C14H16N6S. The van der Waals surface area contributed by atoms with Gasteiger partial charge in [0.15, 0.2) is 0 Å². The first-order valence-corrected chi connectivity index (χ1v) is 7.53. The summed E-state index contributed by atoms with van der Waals surface area (Å²) in [5, 5.41) is 14.8. The van der Waals surface area contributed by atoms with Crippen LogP contribution in [-0.4, -0.2) is 25.2 Å². The molecular weight excluding hydrogens is 284 g/mol. The van der Waals surface area contributed by atoms with Crippen LogP contribution in [0.2, 0.25) is 0 Å². The number of hydrogen-bond donors (Lipinski definition) is 1. The first kappa shape index (κ1) is 13.7. The molecule has 3 rings (SSSR count). The van der Waals surface area contributed by atoms with Crippen molar-refractivity contribution in [3.8, 4) is 5.69 Å². The zero-order valence-corrected chi connectivity index (χ0v) is 12.9. The summed E-state index contributed by atoms with van der Waals surface area (Å²) in [7, 11) is 0. The van der Waals surface area contributed by atoms with Crippen LogP contribution in [0.1, 0.15) is 29.1 Å². The molecule has 2 heterocycles. The molecule has 1 aromatic carbocycles. The number of benzene rings is 1. The maximum atomic E-state index is 4.31. The Morgan fingerprint density at radius 3 is 2.81 bits per heavy atom. The van der Waals surface area contributed by atoms with Crippen LogP contribution in [0, 0.1) is 13.8 Å². The highest BCUT2D eigenvalue weighted by atomic mass is 32.1.